The first kappa shape index (κ1) is 19.2. The molecule has 6 nitrogen and oxygen atoms in total. The summed E-state index contributed by atoms with van der Waals surface area (Å²) in [5, 5.41) is 8.19. The minimum atomic E-state index is -0.377. The van der Waals surface area contributed by atoms with Gasteiger partial charge in [-0.1, -0.05) is 47.5 Å². The Kier molecular flexibility index (Phi) is 5.38. The van der Waals surface area contributed by atoms with Gasteiger partial charge in [0.15, 0.2) is 5.69 Å². The number of nitrogens with one attached hydrogen (secondary N) is 1. The minimum Gasteiger partial charge on any atom is -0.441 e. The number of aromatic nitrogens is 3. The van der Waals surface area contributed by atoms with Crippen LogP contribution in [-0.4, -0.2) is 20.7 Å². The highest BCUT2D eigenvalue weighted by Gasteiger charge is 2.19. The molecule has 0 fully saturated rings. The SMILES string of the molecule is Cc1oc(-c2ccccc2)nc1C(=O)Nc1ccnn1Cc1ccc(Cl)cc1Cl. The van der Waals surface area contributed by atoms with Crippen LogP contribution in [0.2, 0.25) is 10.0 Å². The second-order valence-corrected chi connectivity index (χ2v) is 7.20. The first-order valence-electron chi connectivity index (χ1n) is 8.81. The van der Waals surface area contributed by atoms with Gasteiger partial charge in [-0.3, -0.25) is 4.79 Å². The fraction of sp³-hybridized carbons (Fsp3) is 0.0952. The van der Waals surface area contributed by atoms with Gasteiger partial charge in [0.25, 0.3) is 5.91 Å². The molecule has 4 rings (SSSR count). The Hall–Kier alpha value is -3.09. The number of aryl methyl sites for hydroxylation is 1. The van der Waals surface area contributed by atoms with Crippen LogP contribution in [0.4, 0.5) is 5.82 Å². The highest BCUT2D eigenvalue weighted by Crippen LogP contribution is 2.24. The maximum atomic E-state index is 12.8. The van der Waals surface area contributed by atoms with E-state index in [0.29, 0.717) is 34.1 Å². The van der Waals surface area contributed by atoms with Crippen molar-refractivity contribution >= 4 is 34.9 Å². The predicted octanol–water partition coefficient (Wildman–Crippen LogP) is 5.45. The van der Waals surface area contributed by atoms with Gasteiger partial charge in [-0.05, 0) is 36.8 Å². The van der Waals surface area contributed by atoms with E-state index in [-0.39, 0.29) is 11.6 Å². The van der Waals surface area contributed by atoms with E-state index < -0.39 is 0 Å². The van der Waals surface area contributed by atoms with Gasteiger partial charge in [0.2, 0.25) is 5.89 Å². The average Bonchev–Trinajstić information content (AvgIpc) is 3.31. The van der Waals surface area contributed by atoms with E-state index in [1.54, 1.807) is 36.0 Å². The van der Waals surface area contributed by atoms with Gasteiger partial charge in [-0.2, -0.15) is 5.10 Å². The van der Waals surface area contributed by atoms with Crippen molar-refractivity contribution in [3.63, 3.8) is 0 Å². The van der Waals surface area contributed by atoms with Gasteiger partial charge < -0.3 is 9.73 Å². The van der Waals surface area contributed by atoms with Crippen molar-refractivity contribution in [2.45, 2.75) is 13.5 Å². The van der Waals surface area contributed by atoms with E-state index >= 15 is 0 Å². The van der Waals surface area contributed by atoms with Crippen LogP contribution in [0, 0.1) is 6.92 Å². The summed E-state index contributed by atoms with van der Waals surface area (Å²) < 4.78 is 7.31. The van der Waals surface area contributed by atoms with Crippen molar-refractivity contribution in [2.24, 2.45) is 0 Å². The third-order valence-corrected chi connectivity index (χ3v) is 4.91. The molecule has 0 bridgehead atoms. The number of amides is 1. The quantitative estimate of drug-likeness (QED) is 0.460. The molecule has 0 aliphatic carbocycles. The lowest BCUT2D eigenvalue weighted by Gasteiger charge is -2.10. The molecule has 146 valence electrons. The van der Waals surface area contributed by atoms with Crippen LogP contribution in [0.15, 0.2) is 65.2 Å². The summed E-state index contributed by atoms with van der Waals surface area (Å²) in [6, 6.07) is 16.4. The van der Waals surface area contributed by atoms with E-state index in [2.05, 4.69) is 15.4 Å². The molecule has 29 heavy (non-hydrogen) atoms. The minimum absolute atomic E-state index is 0.223. The standard InChI is InChI=1S/C21H16Cl2N4O2/c1-13-19(26-21(29-13)14-5-3-2-4-6-14)20(28)25-18-9-10-24-27(18)12-15-7-8-16(22)11-17(15)23/h2-11H,12H2,1H3,(H,25,28). The van der Waals surface area contributed by atoms with Gasteiger partial charge in [0.1, 0.15) is 11.6 Å². The number of hydrogen-bond donors (Lipinski definition) is 1. The van der Waals surface area contributed by atoms with Crippen LogP contribution in [0.5, 0.6) is 0 Å². The third kappa shape index (κ3) is 4.18. The number of carbonyl (C=O) groups excluding carboxylic acids is 1. The molecule has 1 N–H and O–H groups in total. The Balaban J connectivity index is 1.54. The molecule has 2 heterocycles. The van der Waals surface area contributed by atoms with E-state index in [1.807, 2.05) is 36.4 Å². The number of rotatable bonds is 5. The summed E-state index contributed by atoms with van der Waals surface area (Å²) >= 11 is 12.2. The number of hydrogen-bond acceptors (Lipinski definition) is 4. The second kappa shape index (κ2) is 8.11. The molecule has 4 aromatic rings. The summed E-state index contributed by atoms with van der Waals surface area (Å²) in [7, 11) is 0. The summed E-state index contributed by atoms with van der Waals surface area (Å²) in [6.07, 6.45) is 1.60. The smallest absolute Gasteiger partial charge is 0.279 e. The van der Waals surface area contributed by atoms with Gasteiger partial charge in [-0.15, -0.1) is 0 Å². The number of carbonyl (C=O) groups is 1. The average molecular weight is 427 g/mol. The van der Waals surface area contributed by atoms with Crippen LogP contribution in [0.25, 0.3) is 11.5 Å². The van der Waals surface area contributed by atoms with Crippen LogP contribution in [0.3, 0.4) is 0 Å². The van der Waals surface area contributed by atoms with Crippen LogP contribution < -0.4 is 5.32 Å². The maximum Gasteiger partial charge on any atom is 0.279 e. The molecule has 0 radical (unpaired) electrons. The Bertz CT molecular complexity index is 1170. The zero-order valence-electron chi connectivity index (χ0n) is 15.4. The molecular formula is C21H16Cl2N4O2. The Morgan fingerprint density at radius 2 is 1.93 bits per heavy atom. The Morgan fingerprint density at radius 3 is 2.69 bits per heavy atom. The Morgan fingerprint density at radius 1 is 1.14 bits per heavy atom. The number of nitrogens with zero attached hydrogens (tertiary/aromatic N) is 3. The van der Waals surface area contributed by atoms with Crippen LogP contribution >= 0.6 is 23.2 Å². The fourth-order valence-electron chi connectivity index (χ4n) is 2.86. The molecule has 2 aromatic carbocycles. The lowest BCUT2D eigenvalue weighted by atomic mass is 10.2. The summed E-state index contributed by atoms with van der Waals surface area (Å²) in [6.45, 7) is 2.09. The van der Waals surface area contributed by atoms with E-state index in [4.69, 9.17) is 27.6 Å². The first-order valence-corrected chi connectivity index (χ1v) is 9.57. The van der Waals surface area contributed by atoms with Crippen molar-refractivity contribution in [3.05, 3.63) is 87.9 Å². The molecule has 0 unspecified atom stereocenters. The van der Waals surface area contributed by atoms with Crippen molar-refractivity contribution in [1.29, 1.82) is 0 Å². The van der Waals surface area contributed by atoms with Gasteiger partial charge in [0, 0.05) is 21.7 Å². The summed E-state index contributed by atoms with van der Waals surface area (Å²) in [5.41, 5.74) is 1.86. The zero-order chi connectivity index (χ0) is 20.4. The Labute approximate surface area is 177 Å². The van der Waals surface area contributed by atoms with E-state index in [9.17, 15) is 4.79 Å². The first-order chi connectivity index (χ1) is 14.0. The lowest BCUT2D eigenvalue weighted by Crippen LogP contribution is -2.17. The maximum absolute atomic E-state index is 12.8. The normalized spacial score (nSPS) is 10.9. The number of halogens is 2. The lowest BCUT2D eigenvalue weighted by molar-refractivity contribution is 0.102. The molecule has 0 saturated heterocycles. The second-order valence-electron chi connectivity index (χ2n) is 6.35. The molecule has 0 saturated carbocycles. The van der Waals surface area contributed by atoms with Crippen LogP contribution in [0.1, 0.15) is 21.8 Å². The molecule has 8 heteroatoms. The molecular weight excluding hydrogens is 411 g/mol. The number of benzene rings is 2. The molecule has 2 aromatic heterocycles. The van der Waals surface area contributed by atoms with Crippen molar-refractivity contribution < 1.29 is 9.21 Å². The predicted molar refractivity (Wildman–Crippen MR) is 112 cm³/mol. The number of anilines is 1. The number of oxazole rings is 1. The van der Waals surface area contributed by atoms with E-state index in [0.717, 1.165) is 11.1 Å². The van der Waals surface area contributed by atoms with Crippen molar-refractivity contribution in [1.82, 2.24) is 14.8 Å². The van der Waals surface area contributed by atoms with Crippen molar-refractivity contribution in [2.75, 3.05) is 5.32 Å². The summed E-state index contributed by atoms with van der Waals surface area (Å²) in [4.78, 5) is 17.1. The van der Waals surface area contributed by atoms with Gasteiger partial charge in [0.05, 0.1) is 12.7 Å². The molecule has 1 amide bonds. The van der Waals surface area contributed by atoms with Gasteiger partial charge >= 0.3 is 0 Å². The zero-order valence-corrected chi connectivity index (χ0v) is 16.9. The van der Waals surface area contributed by atoms with Crippen molar-refractivity contribution in [3.8, 4) is 11.5 Å². The monoisotopic (exact) mass is 426 g/mol. The third-order valence-electron chi connectivity index (χ3n) is 4.33. The highest BCUT2D eigenvalue weighted by molar-refractivity contribution is 6.35. The molecule has 0 aliphatic heterocycles. The molecule has 0 atom stereocenters. The topological polar surface area (TPSA) is 73.0 Å². The highest BCUT2D eigenvalue weighted by atomic mass is 35.5. The largest absolute Gasteiger partial charge is 0.441 e. The van der Waals surface area contributed by atoms with E-state index in [1.165, 1.54) is 0 Å². The fourth-order valence-corrected chi connectivity index (χ4v) is 3.33. The molecule has 0 aliphatic rings. The van der Waals surface area contributed by atoms with Crippen LogP contribution in [-0.2, 0) is 6.54 Å². The molecule has 0 spiro atoms. The summed E-state index contributed by atoms with van der Waals surface area (Å²) in [5.74, 6) is 0.977. The van der Waals surface area contributed by atoms with Gasteiger partial charge in [-0.25, -0.2) is 9.67 Å².